The molecular weight excluding hydrogens is 321 g/mol. The zero-order valence-electron chi connectivity index (χ0n) is 10.3. The lowest BCUT2D eigenvalue weighted by molar-refractivity contribution is -0.254. The SMILES string of the molecule is O=C([O-])c1ccccc1NS(=O)(=O)c1ccc(F)c(Cl)c1. The van der Waals surface area contributed by atoms with Gasteiger partial charge in [-0.15, -0.1) is 0 Å². The molecule has 21 heavy (non-hydrogen) atoms. The zero-order valence-corrected chi connectivity index (χ0v) is 11.9. The second kappa shape index (κ2) is 5.71. The average molecular weight is 329 g/mol. The molecule has 0 unspecified atom stereocenters. The Labute approximate surface area is 125 Å². The fourth-order valence-electron chi connectivity index (χ4n) is 1.60. The molecule has 0 aliphatic carbocycles. The van der Waals surface area contributed by atoms with E-state index < -0.39 is 21.8 Å². The Bertz CT molecular complexity index is 808. The summed E-state index contributed by atoms with van der Waals surface area (Å²) in [6, 6.07) is 8.21. The molecular formula is C13H8ClFNO4S-. The van der Waals surface area contributed by atoms with Crippen molar-refractivity contribution in [3.63, 3.8) is 0 Å². The van der Waals surface area contributed by atoms with E-state index in [2.05, 4.69) is 4.72 Å². The van der Waals surface area contributed by atoms with Crippen LogP contribution in [0.25, 0.3) is 0 Å². The number of hydrogen-bond donors (Lipinski definition) is 1. The average Bonchev–Trinajstić information content (AvgIpc) is 2.41. The summed E-state index contributed by atoms with van der Waals surface area (Å²) in [5, 5.41) is 10.6. The van der Waals surface area contributed by atoms with Gasteiger partial charge in [0.1, 0.15) is 5.82 Å². The number of carboxylic acids is 1. The summed E-state index contributed by atoms with van der Waals surface area (Å²) in [5.41, 5.74) is -0.466. The van der Waals surface area contributed by atoms with Crippen LogP contribution in [0.4, 0.5) is 10.1 Å². The first-order valence-electron chi connectivity index (χ1n) is 5.59. The van der Waals surface area contributed by atoms with E-state index >= 15 is 0 Å². The molecule has 2 aromatic rings. The van der Waals surface area contributed by atoms with Crippen LogP contribution in [0.2, 0.25) is 5.02 Å². The highest BCUT2D eigenvalue weighted by molar-refractivity contribution is 7.92. The third kappa shape index (κ3) is 3.32. The van der Waals surface area contributed by atoms with Gasteiger partial charge in [0.15, 0.2) is 0 Å². The molecule has 0 amide bonds. The summed E-state index contributed by atoms with van der Waals surface area (Å²) >= 11 is 5.53. The quantitative estimate of drug-likeness (QED) is 0.924. The Hall–Kier alpha value is -2.12. The van der Waals surface area contributed by atoms with Crippen LogP contribution >= 0.6 is 11.6 Å². The first kappa shape index (κ1) is 15.3. The summed E-state index contributed by atoms with van der Waals surface area (Å²) in [6.45, 7) is 0. The van der Waals surface area contributed by atoms with Crippen molar-refractivity contribution in [3.05, 3.63) is 58.9 Å². The van der Waals surface area contributed by atoms with Crippen molar-refractivity contribution in [2.75, 3.05) is 4.72 Å². The van der Waals surface area contributed by atoms with E-state index in [-0.39, 0.29) is 21.2 Å². The summed E-state index contributed by atoms with van der Waals surface area (Å²) in [6.07, 6.45) is 0. The fourth-order valence-corrected chi connectivity index (χ4v) is 2.95. The predicted molar refractivity (Wildman–Crippen MR) is 73.0 cm³/mol. The fraction of sp³-hybridized carbons (Fsp3) is 0. The minimum Gasteiger partial charge on any atom is -0.545 e. The summed E-state index contributed by atoms with van der Waals surface area (Å²) in [7, 11) is -4.10. The van der Waals surface area contributed by atoms with E-state index in [1.807, 2.05) is 0 Å². The van der Waals surface area contributed by atoms with Gasteiger partial charge in [0.2, 0.25) is 0 Å². The van der Waals surface area contributed by atoms with Crippen LogP contribution in [0.3, 0.4) is 0 Å². The Kier molecular flexibility index (Phi) is 4.15. The molecule has 0 atom stereocenters. The molecule has 0 fully saturated rings. The van der Waals surface area contributed by atoms with Gasteiger partial charge < -0.3 is 9.90 Å². The van der Waals surface area contributed by atoms with Gasteiger partial charge >= 0.3 is 0 Å². The number of benzene rings is 2. The molecule has 2 aromatic carbocycles. The van der Waals surface area contributed by atoms with Crippen molar-refractivity contribution in [1.82, 2.24) is 0 Å². The van der Waals surface area contributed by atoms with Crippen molar-refractivity contribution >= 4 is 33.3 Å². The molecule has 2 rings (SSSR count). The lowest BCUT2D eigenvalue weighted by Crippen LogP contribution is -2.24. The maximum Gasteiger partial charge on any atom is 0.261 e. The molecule has 1 N–H and O–H groups in total. The van der Waals surface area contributed by atoms with Gasteiger partial charge in [-0.05, 0) is 24.3 Å². The van der Waals surface area contributed by atoms with E-state index in [1.54, 1.807) is 0 Å². The number of para-hydroxylation sites is 1. The molecule has 0 spiro atoms. The number of aromatic carboxylic acids is 1. The third-order valence-corrected chi connectivity index (χ3v) is 4.25. The molecule has 5 nitrogen and oxygen atoms in total. The molecule has 0 heterocycles. The van der Waals surface area contributed by atoms with Crippen molar-refractivity contribution in [1.29, 1.82) is 0 Å². The molecule has 0 saturated heterocycles. The maximum absolute atomic E-state index is 13.1. The lowest BCUT2D eigenvalue weighted by Gasteiger charge is -2.13. The first-order chi connectivity index (χ1) is 9.81. The van der Waals surface area contributed by atoms with Crippen LogP contribution in [0.1, 0.15) is 10.4 Å². The highest BCUT2D eigenvalue weighted by atomic mass is 35.5. The molecule has 8 heteroatoms. The van der Waals surface area contributed by atoms with E-state index in [0.29, 0.717) is 0 Å². The van der Waals surface area contributed by atoms with Gasteiger partial charge in [0.05, 0.1) is 21.6 Å². The van der Waals surface area contributed by atoms with Crippen molar-refractivity contribution in [2.24, 2.45) is 0 Å². The van der Waals surface area contributed by atoms with Crippen LogP contribution in [0.5, 0.6) is 0 Å². The van der Waals surface area contributed by atoms with Crippen LogP contribution < -0.4 is 9.83 Å². The first-order valence-corrected chi connectivity index (χ1v) is 7.45. The lowest BCUT2D eigenvalue weighted by atomic mass is 10.2. The van der Waals surface area contributed by atoms with Crippen molar-refractivity contribution in [2.45, 2.75) is 4.90 Å². The van der Waals surface area contributed by atoms with E-state index in [1.165, 1.54) is 24.3 Å². The van der Waals surface area contributed by atoms with Crippen LogP contribution in [-0.2, 0) is 10.0 Å². The number of nitrogens with one attached hydrogen (secondary N) is 1. The number of sulfonamides is 1. The highest BCUT2D eigenvalue weighted by Crippen LogP contribution is 2.23. The van der Waals surface area contributed by atoms with Gasteiger partial charge in [-0.3, -0.25) is 4.72 Å². The second-order valence-corrected chi connectivity index (χ2v) is 6.10. The normalized spacial score (nSPS) is 11.1. The van der Waals surface area contributed by atoms with Crippen LogP contribution in [0.15, 0.2) is 47.4 Å². The number of carboxylic acid groups (broad SMARTS) is 1. The molecule has 0 bridgehead atoms. The van der Waals surface area contributed by atoms with E-state index in [0.717, 1.165) is 18.2 Å². The number of rotatable bonds is 4. The van der Waals surface area contributed by atoms with Crippen LogP contribution in [-0.4, -0.2) is 14.4 Å². The van der Waals surface area contributed by atoms with Crippen molar-refractivity contribution in [3.8, 4) is 0 Å². The number of carbonyl (C=O) groups excluding carboxylic acids is 1. The second-order valence-electron chi connectivity index (χ2n) is 4.01. The Morgan fingerprint density at radius 1 is 1.19 bits per heavy atom. The number of carbonyl (C=O) groups is 1. The third-order valence-electron chi connectivity index (χ3n) is 2.59. The Morgan fingerprint density at radius 3 is 2.48 bits per heavy atom. The number of halogens is 2. The molecule has 0 aliphatic rings. The summed E-state index contributed by atoms with van der Waals surface area (Å²) in [5.74, 6) is -2.28. The largest absolute Gasteiger partial charge is 0.545 e. The molecule has 0 aromatic heterocycles. The van der Waals surface area contributed by atoms with E-state index in [9.17, 15) is 22.7 Å². The van der Waals surface area contributed by atoms with Gasteiger partial charge in [0, 0.05) is 5.56 Å². The van der Waals surface area contributed by atoms with Gasteiger partial charge in [-0.2, -0.15) is 0 Å². The zero-order chi connectivity index (χ0) is 15.6. The molecule has 0 saturated carbocycles. The summed E-state index contributed by atoms with van der Waals surface area (Å²) < 4.78 is 39.4. The molecule has 0 aliphatic heterocycles. The van der Waals surface area contributed by atoms with Gasteiger partial charge in [-0.1, -0.05) is 29.8 Å². The van der Waals surface area contributed by atoms with Gasteiger partial charge in [-0.25, -0.2) is 12.8 Å². The summed E-state index contributed by atoms with van der Waals surface area (Å²) in [4.78, 5) is 10.6. The van der Waals surface area contributed by atoms with Crippen LogP contribution in [0, 0.1) is 5.82 Å². The topological polar surface area (TPSA) is 86.3 Å². The van der Waals surface area contributed by atoms with Crippen molar-refractivity contribution < 1.29 is 22.7 Å². The predicted octanol–water partition coefficient (Wildman–Crippen LogP) is 1.64. The monoisotopic (exact) mass is 328 g/mol. The molecule has 0 radical (unpaired) electrons. The van der Waals surface area contributed by atoms with Gasteiger partial charge in [0.25, 0.3) is 10.0 Å². The smallest absolute Gasteiger partial charge is 0.261 e. The minimum atomic E-state index is -4.10. The highest BCUT2D eigenvalue weighted by Gasteiger charge is 2.17. The maximum atomic E-state index is 13.1. The number of anilines is 1. The Morgan fingerprint density at radius 2 is 1.86 bits per heavy atom. The standard InChI is InChI=1S/C13H9ClFNO4S/c14-10-7-8(5-6-11(10)15)21(19,20)16-12-4-2-1-3-9(12)13(17)18/h1-7,16H,(H,17,18)/p-1. The minimum absolute atomic E-state index is 0.155. The molecule has 110 valence electrons. The Balaban J connectivity index is 2.42. The van der Waals surface area contributed by atoms with E-state index in [4.69, 9.17) is 11.6 Å². The number of hydrogen-bond acceptors (Lipinski definition) is 4.